The Bertz CT molecular complexity index is 662. The number of rotatable bonds is 5. The number of nitrogens with zero attached hydrogens (tertiary/aromatic N) is 1. The van der Waals surface area contributed by atoms with E-state index in [4.69, 9.17) is 10.2 Å². The molecular formula is C15H21ClN4O2. The van der Waals surface area contributed by atoms with Crippen LogP contribution in [0.3, 0.4) is 0 Å². The summed E-state index contributed by atoms with van der Waals surface area (Å²) in [6.45, 7) is 4.29. The van der Waals surface area contributed by atoms with Crippen molar-refractivity contribution in [2.24, 2.45) is 11.7 Å². The molecular weight excluding hydrogens is 304 g/mol. The van der Waals surface area contributed by atoms with Gasteiger partial charge in [-0.05, 0) is 44.7 Å². The molecule has 2 heterocycles. The van der Waals surface area contributed by atoms with Crippen LogP contribution in [0, 0.1) is 12.8 Å². The average molecular weight is 325 g/mol. The van der Waals surface area contributed by atoms with E-state index in [0.717, 1.165) is 18.6 Å². The summed E-state index contributed by atoms with van der Waals surface area (Å²) >= 11 is 0. The van der Waals surface area contributed by atoms with Crippen molar-refractivity contribution in [3.05, 3.63) is 29.7 Å². The number of hydrogen-bond acceptors (Lipinski definition) is 4. The van der Waals surface area contributed by atoms with Crippen molar-refractivity contribution in [3.8, 4) is 11.5 Å². The highest BCUT2D eigenvalue weighted by Gasteiger charge is 2.41. The Morgan fingerprint density at radius 1 is 1.55 bits per heavy atom. The second-order valence-electron chi connectivity index (χ2n) is 5.93. The van der Waals surface area contributed by atoms with Gasteiger partial charge in [0.2, 0.25) is 0 Å². The number of carbonyl (C=O) groups excluding carboxylic acids is 1. The predicted molar refractivity (Wildman–Crippen MR) is 85.9 cm³/mol. The predicted octanol–water partition coefficient (Wildman–Crippen LogP) is 2.26. The van der Waals surface area contributed by atoms with Gasteiger partial charge in [-0.15, -0.1) is 12.4 Å². The molecule has 0 bridgehead atoms. The molecule has 0 aromatic carbocycles. The highest BCUT2D eigenvalue weighted by molar-refractivity contribution is 5.93. The van der Waals surface area contributed by atoms with Crippen molar-refractivity contribution < 1.29 is 9.21 Å². The highest BCUT2D eigenvalue weighted by Crippen LogP contribution is 2.39. The van der Waals surface area contributed by atoms with Crippen LogP contribution in [0.25, 0.3) is 11.5 Å². The first-order valence-corrected chi connectivity index (χ1v) is 7.16. The Morgan fingerprint density at radius 3 is 2.82 bits per heavy atom. The molecule has 3 rings (SSSR count). The summed E-state index contributed by atoms with van der Waals surface area (Å²) in [5.74, 6) is 1.75. The number of furan rings is 1. The lowest BCUT2D eigenvalue weighted by Gasteiger charge is -2.29. The minimum Gasteiger partial charge on any atom is -0.460 e. The summed E-state index contributed by atoms with van der Waals surface area (Å²) in [7, 11) is 0. The Morgan fingerprint density at radius 2 is 2.27 bits per heavy atom. The van der Waals surface area contributed by atoms with Crippen molar-refractivity contribution in [1.82, 2.24) is 15.5 Å². The summed E-state index contributed by atoms with van der Waals surface area (Å²) in [5, 5.41) is 9.91. The topological polar surface area (TPSA) is 96.9 Å². The molecule has 7 heteroatoms. The van der Waals surface area contributed by atoms with Crippen molar-refractivity contribution in [1.29, 1.82) is 0 Å². The summed E-state index contributed by atoms with van der Waals surface area (Å²) in [6.07, 6.45) is 2.23. The first-order valence-electron chi connectivity index (χ1n) is 7.16. The molecule has 120 valence electrons. The fraction of sp³-hybridized carbons (Fsp3) is 0.467. The number of H-pyrrole nitrogens is 1. The smallest absolute Gasteiger partial charge is 0.272 e. The highest BCUT2D eigenvalue weighted by atomic mass is 35.5. The Hall–Kier alpha value is -1.79. The number of aromatic nitrogens is 2. The standard InChI is InChI=1S/C15H20N4O2.ClH/c1-9-3-6-13(21-9)11-7-12(19-18-11)14(20)17-15(2,8-16)10-4-5-10;/h3,6-7,10H,4-5,8,16H2,1-2H3,(H,17,20)(H,18,19);1H. The van der Waals surface area contributed by atoms with Crippen LogP contribution >= 0.6 is 12.4 Å². The maximum Gasteiger partial charge on any atom is 0.272 e. The molecule has 22 heavy (non-hydrogen) atoms. The quantitative estimate of drug-likeness (QED) is 0.785. The number of hydrogen-bond donors (Lipinski definition) is 3. The van der Waals surface area contributed by atoms with Crippen LogP contribution in [0.4, 0.5) is 0 Å². The van der Waals surface area contributed by atoms with Gasteiger partial charge < -0.3 is 15.5 Å². The number of amides is 1. The minimum absolute atomic E-state index is 0. The second kappa shape index (κ2) is 6.14. The minimum atomic E-state index is -0.350. The van der Waals surface area contributed by atoms with Crippen LogP contribution in [0.1, 0.15) is 36.0 Å². The number of aromatic amines is 1. The molecule has 4 N–H and O–H groups in total. The van der Waals surface area contributed by atoms with E-state index in [1.807, 2.05) is 26.0 Å². The molecule has 0 aliphatic heterocycles. The number of carbonyl (C=O) groups is 1. The zero-order chi connectivity index (χ0) is 15.0. The van der Waals surface area contributed by atoms with E-state index < -0.39 is 0 Å². The van der Waals surface area contributed by atoms with E-state index in [0.29, 0.717) is 29.6 Å². The van der Waals surface area contributed by atoms with E-state index in [9.17, 15) is 4.79 Å². The maximum atomic E-state index is 12.3. The summed E-state index contributed by atoms with van der Waals surface area (Å²) in [6, 6.07) is 5.41. The summed E-state index contributed by atoms with van der Waals surface area (Å²) in [5.41, 5.74) is 6.50. The van der Waals surface area contributed by atoms with Crippen molar-refractivity contribution >= 4 is 18.3 Å². The zero-order valence-electron chi connectivity index (χ0n) is 12.7. The van der Waals surface area contributed by atoms with Crippen LogP contribution in [-0.4, -0.2) is 28.2 Å². The van der Waals surface area contributed by atoms with Crippen molar-refractivity contribution in [3.63, 3.8) is 0 Å². The van der Waals surface area contributed by atoms with E-state index in [-0.39, 0.29) is 23.9 Å². The second-order valence-corrected chi connectivity index (χ2v) is 5.93. The Labute approximate surface area is 135 Å². The van der Waals surface area contributed by atoms with Crippen LogP contribution in [0.15, 0.2) is 22.6 Å². The van der Waals surface area contributed by atoms with Gasteiger partial charge in [0.25, 0.3) is 5.91 Å². The lowest BCUT2D eigenvalue weighted by atomic mass is 9.96. The van der Waals surface area contributed by atoms with Gasteiger partial charge in [0.15, 0.2) is 11.5 Å². The third-order valence-corrected chi connectivity index (χ3v) is 4.12. The van der Waals surface area contributed by atoms with Gasteiger partial charge in [0.05, 0.1) is 5.54 Å². The number of nitrogens with two attached hydrogens (primary N) is 1. The van der Waals surface area contributed by atoms with Gasteiger partial charge in [0.1, 0.15) is 11.5 Å². The molecule has 1 saturated carbocycles. The first-order chi connectivity index (χ1) is 10.0. The molecule has 6 nitrogen and oxygen atoms in total. The molecule has 1 amide bonds. The maximum absolute atomic E-state index is 12.3. The van der Waals surface area contributed by atoms with Gasteiger partial charge in [-0.25, -0.2) is 0 Å². The van der Waals surface area contributed by atoms with Crippen LogP contribution in [0.2, 0.25) is 0 Å². The molecule has 0 radical (unpaired) electrons. The van der Waals surface area contributed by atoms with Gasteiger partial charge in [0, 0.05) is 12.6 Å². The molecule has 1 atom stereocenters. The van der Waals surface area contributed by atoms with Crippen LogP contribution in [0.5, 0.6) is 0 Å². The fourth-order valence-corrected chi connectivity index (χ4v) is 2.51. The molecule has 1 unspecified atom stereocenters. The van der Waals surface area contributed by atoms with E-state index >= 15 is 0 Å². The lowest BCUT2D eigenvalue weighted by Crippen LogP contribution is -2.53. The number of halogens is 1. The third-order valence-electron chi connectivity index (χ3n) is 4.12. The molecule has 1 aliphatic rings. The largest absolute Gasteiger partial charge is 0.460 e. The van der Waals surface area contributed by atoms with Crippen LogP contribution in [-0.2, 0) is 0 Å². The lowest BCUT2D eigenvalue weighted by molar-refractivity contribution is 0.0892. The summed E-state index contributed by atoms with van der Waals surface area (Å²) < 4.78 is 5.51. The molecule has 2 aromatic heterocycles. The normalized spacial score (nSPS) is 16.7. The van der Waals surface area contributed by atoms with Gasteiger partial charge >= 0.3 is 0 Å². The molecule has 2 aromatic rings. The number of aryl methyl sites for hydroxylation is 1. The molecule has 1 fully saturated rings. The SMILES string of the molecule is Cc1ccc(-c2cc(C(=O)NC(C)(CN)C3CC3)n[nH]2)o1.Cl. The van der Waals surface area contributed by atoms with Crippen LogP contribution < -0.4 is 11.1 Å². The van der Waals surface area contributed by atoms with Gasteiger partial charge in [-0.1, -0.05) is 0 Å². The molecule has 0 saturated heterocycles. The van der Waals surface area contributed by atoms with Crippen molar-refractivity contribution in [2.45, 2.75) is 32.2 Å². The zero-order valence-corrected chi connectivity index (χ0v) is 13.5. The Balaban J connectivity index is 0.00000176. The molecule has 0 spiro atoms. The Kier molecular flexibility index (Phi) is 4.63. The summed E-state index contributed by atoms with van der Waals surface area (Å²) in [4.78, 5) is 12.3. The van der Waals surface area contributed by atoms with E-state index in [1.54, 1.807) is 6.07 Å². The average Bonchev–Trinajstić information content (AvgIpc) is 3.05. The first kappa shape index (κ1) is 16.6. The monoisotopic (exact) mass is 324 g/mol. The van der Waals surface area contributed by atoms with Gasteiger partial charge in [-0.3, -0.25) is 9.89 Å². The van der Waals surface area contributed by atoms with Gasteiger partial charge in [-0.2, -0.15) is 5.10 Å². The molecule has 1 aliphatic carbocycles. The van der Waals surface area contributed by atoms with E-state index in [1.165, 1.54) is 0 Å². The third kappa shape index (κ3) is 3.18. The van der Waals surface area contributed by atoms with E-state index in [2.05, 4.69) is 15.5 Å². The van der Waals surface area contributed by atoms with Crippen molar-refractivity contribution in [2.75, 3.05) is 6.54 Å². The number of nitrogens with one attached hydrogen (secondary N) is 2. The fourth-order valence-electron chi connectivity index (χ4n) is 2.51.